The fourth-order valence-corrected chi connectivity index (χ4v) is 2.33. The van der Waals surface area contributed by atoms with Crippen molar-refractivity contribution in [3.8, 4) is 5.75 Å². The number of aryl methyl sites for hydroxylation is 1. The van der Waals surface area contributed by atoms with Gasteiger partial charge < -0.3 is 9.47 Å². The molecule has 25 heavy (non-hydrogen) atoms. The summed E-state index contributed by atoms with van der Waals surface area (Å²) in [7, 11) is 0. The molecule has 128 valence electrons. The first-order valence-corrected chi connectivity index (χ1v) is 7.56. The number of ether oxygens (including phenoxy) is 2. The van der Waals surface area contributed by atoms with Crippen LogP contribution in [0.5, 0.6) is 5.75 Å². The lowest BCUT2D eigenvalue weighted by atomic mass is 10.3. The van der Waals surface area contributed by atoms with E-state index in [1.165, 1.54) is 28.7 Å². The van der Waals surface area contributed by atoms with E-state index in [1.54, 1.807) is 31.2 Å². The summed E-state index contributed by atoms with van der Waals surface area (Å²) in [5.74, 6) is -1.28. The first-order valence-electron chi connectivity index (χ1n) is 7.56. The third-order valence-corrected chi connectivity index (χ3v) is 3.50. The maximum absolute atomic E-state index is 13.4. The number of carbonyl (C=O) groups excluding carboxylic acids is 1. The number of carbonyl (C=O) groups is 1. The largest absolute Gasteiger partial charge is 0.479 e. The molecule has 0 unspecified atom stereocenters. The van der Waals surface area contributed by atoms with Crippen LogP contribution in [0, 0.1) is 12.7 Å². The zero-order chi connectivity index (χ0) is 17.8. The van der Waals surface area contributed by atoms with Crippen molar-refractivity contribution in [1.82, 2.24) is 9.38 Å². The zero-order valence-corrected chi connectivity index (χ0v) is 13.4. The topological polar surface area (TPSA) is 69.9 Å². The number of fused-ring (bicyclic) bond motifs is 1. The van der Waals surface area contributed by atoms with Crippen LogP contribution in [-0.4, -0.2) is 22.0 Å². The summed E-state index contributed by atoms with van der Waals surface area (Å²) in [4.78, 5) is 28.1. The van der Waals surface area contributed by atoms with Crippen molar-refractivity contribution in [3.05, 3.63) is 76.1 Å². The molecule has 2 aromatic heterocycles. The van der Waals surface area contributed by atoms with Crippen molar-refractivity contribution in [1.29, 1.82) is 0 Å². The number of hydrogen-bond acceptors (Lipinski definition) is 5. The predicted molar refractivity (Wildman–Crippen MR) is 87.9 cm³/mol. The SMILES string of the molecule is Cc1cccc2nc(COC(=O)COc3ccccc3F)cc(=O)n12. The van der Waals surface area contributed by atoms with E-state index in [9.17, 15) is 14.0 Å². The highest BCUT2D eigenvalue weighted by Crippen LogP contribution is 2.15. The van der Waals surface area contributed by atoms with Gasteiger partial charge in [0, 0.05) is 11.8 Å². The van der Waals surface area contributed by atoms with Gasteiger partial charge in [-0.1, -0.05) is 18.2 Å². The third-order valence-electron chi connectivity index (χ3n) is 3.50. The minimum absolute atomic E-state index is 0.0306. The van der Waals surface area contributed by atoms with Gasteiger partial charge in [0.25, 0.3) is 5.56 Å². The van der Waals surface area contributed by atoms with E-state index in [0.717, 1.165) is 5.69 Å². The number of nitrogens with zero attached hydrogens (tertiary/aromatic N) is 2. The Balaban J connectivity index is 1.63. The lowest BCUT2D eigenvalue weighted by Gasteiger charge is -2.08. The van der Waals surface area contributed by atoms with Crippen LogP contribution in [0.4, 0.5) is 4.39 Å². The van der Waals surface area contributed by atoms with Crippen molar-refractivity contribution >= 4 is 11.6 Å². The Bertz CT molecular complexity index is 984. The van der Waals surface area contributed by atoms with Crippen LogP contribution in [0.1, 0.15) is 11.4 Å². The second-order valence-electron chi connectivity index (χ2n) is 5.33. The fourth-order valence-electron chi connectivity index (χ4n) is 2.33. The molecule has 0 amide bonds. The number of para-hydroxylation sites is 1. The van der Waals surface area contributed by atoms with E-state index in [1.807, 2.05) is 0 Å². The van der Waals surface area contributed by atoms with Crippen LogP contribution >= 0.6 is 0 Å². The fraction of sp³-hybridized carbons (Fsp3) is 0.167. The molecule has 3 aromatic rings. The van der Waals surface area contributed by atoms with Crippen molar-refractivity contribution in [2.45, 2.75) is 13.5 Å². The van der Waals surface area contributed by atoms with Gasteiger partial charge in [0.2, 0.25) is 0 Å². The molecular weight excluding hydrogens is 327 g/mol. The van der Waals surface area contributed by atoms with Gasteiger partial charge >= 0.3 is 5.97 Å². The van der Waals surface area contributed by atoms with Gasteiger partial charge in [-0.2, -0.15) is 0 Å². The quantitative estimate of drug-likeness (QED) is 0.665. The van der Waals surface area contributed by atoms with E-state index in [2.05, 4.69) is 4.98 Å². The molecule has 1 aromatic carbocycles. The standard InChI is InChI=1S/C18H15FN2O4/c1-12-5-4-8-16-20-13(9-17(22)21(12)16)10-25-18(23)11-24-15-7-3-2-6-14(15)19/h2-9H,10-11H2,1H3. The van der Waals surface area contributed by atoms with Gasteiger partial charge in [-0.15, -0.1) is 0 Å². The molecule has 7 heteroatoms. The Hall–Kier alpha value is -3.22. The van der Waals surface area contributed by atoms with E-state index in [0.29, 0.717) is 11.3 Å². The van der Waals surface area contributed by atoms with Gasteiger partial charge in [-0.3, -0.25) is 9.20 Å². The number of halogens is 1. The van der Waals surface area contributed by atoms with Crippen LogP contribution in [0.3, 0.4) is 0 Å². The first-order chi connectivity index (χ1) is 12.0. The Morgan fingerprint density at radius 2 is 2.00 bits per heavy atom. The molecule has 0 spiro atoms. The molecule has 0 aliphatic rings. The van der Waals surface area contributed by atoms with Crippen LogP contribution in [0.15, 0.2) is 53.3 Å². The molecule has 2 heterocycles. The van der Waals surface area contributed by atoms with Gasteiger partial charge in [0.1, 0.15) is 12.3 Å². The van der Waals surface area contributed by atoms with Crippen LogP contribution in [-0.2, 0) is 16.1 Å². The van der Waals surface area contributed by atoms with Crippen LogP contribution in [0.2, 0.25) is 0 Å². The highest BCUT2D eigenvalue weighted by atomic mass is 19.1. The number of hydrogen-bond donors (Lipinski definition) is 0. The Labute approximate surface area is 142 Å². The molecule has 6 nitrogen and oxygen atoms in total. The molecule has 3 rings (SSSR count). The average Bonchev–Trinajstić information content (AvgIpc) is 2.59. The molecule has 0 saturated heterocycles. The van der Waals surface area contributed by atoms with E-state index < -0.39 is 18.4 Å². The van der Waals surface area contributed by atoms with Gasteiger partial charge in [-0.25, -0.2) is 14.2 Å². The third kappa shape index (κ3) is 3.82. The Morgan fingerprint density at radius 3 is 2.80 bits per heavy atom. The summed E-state index contributed by atoms with van der Waals surface area (Å²) in [6.45, 7) is 1.20. The maximum Gasteiger partial charge on any atom is 0.344 e. The molecule has 0 aliphatic carbocycles. The summed E-state index contributed by atoms with van der Waals surface area (Å²) in [6.07, 6.45) is 0. The van der Waals surface area contributed by atoms with Gasteiger partial charge in [-0.05, 0) is 31.2 Å². The summed E-state index contributed by atoms with van der Waals surface area (Å²) in [5.41, 5.74) is 1.31. The number of benzene rings is 1. The van der Waals surface area contributed by atoms with E-state index >= 15 is 0 Å². The summed E-state index contributed by atoms with van der Waals surface area (Å²) in [5, 5.41) is 0. The zero-order valence-electron chi connectivity index (χ0n) is 13.4. The van der Waals surface area contributed by atoms with Gasteiger partial charge in [0.15, 0.2) is 18.2 Å². The lowest BCUT2D eigenvalue weighted by Crippen LogP contribution is -2.19. The molecule has 0 N–H and O–H groups in total. The normalized spacial score (nSPS) is 10.6. The number of esters is 1. The average molecular weight is 342 g/mol. The molecule has 0 aliphatic heterocycles. The molecule has 0 atom stereocenters. The number of aromatic nitrogens is 2. The Morgan fingerprint density at radius 1 is 1.20 bits per heavy atom. The van der Waals surface area contributed by atoms with E-state index in [-0.39, 0.29) is 17.9 Å². The number of rotatable bonds is 5. The predicted octanol–water partition coefficient (Wildman–Crippen LogP) is 2.26. The highest BCUT2D eigenvalue weighted by Gasteiger charge is 2.10. The van der Waals surface area contributed by atoms with E-state index in [4.69, 9.17) is 9.47 Å². The molecule has 0 fully saturated rings. The maximum atomic E-state index is 13.4. The summed E-state index contributed by atoms with van der Waals surface area (Å²) in [6, 6.07) is 12.4. The van der Waals surface area contributed by atoms with Crippen molar-refractivity contribution < 1.29 is 18.7 Å². The second kappa shape index (κ2) is 7.12. The molecule has 0 saturated carbocycles. The van der Waals surface area contributed by atoms with Crippen molar-refractivity contribution in [2.75, 3.05) is 6.61 Å². The Kier molecular flexibility index (Phi) is 4.74. The molecular formula is C18H15FN2O4. The van der Waals surface area contributed by atoms with Crippen molar-refractivity contribution in [3.63, 3.8) is 0 Å². The second-order valence-corrected chi connectivity index (χ2v) is 5.33. The highest BCUT2D eigenvalue weighted by molar-refractivity contribution is 5.71. The van der Waals surface area contributed by atoms with Crippen LogP contribution < -0.4 is 10.3 Å². The first kappa shape index (κ1) is 16.6. The molecule has 0 radical (unpaired) electrons. The summed E-state index contributed by atoms with van der Waals surface area (Å²) >= 11 is 0. The minimum atomic E-state index is -0.686. The smallest absolute Gasteiger partial charge is 0.344 e. The monoisotopic (exact) mass is 342 g/mol. The number of pyridine rings is 1. The summed E-state index contributed by atoms with van der Waals surface area (Å²) < 4.78 is 24.9. The van der Waals surface area contributed by atoms with Crippen LogP contribution in [0.25, 0.3) is 5.65 Å². The lowest BCUT2D eigenvalue weighted by molar-refractivity contribution is -0.147. The van der Waals surface area contributed by atoms with Gasteiger partial charge in [0.05, 0.1) is 5.69 Å². The van der Waals surface area contributed by atoms with Crippen molar-refractivity contribution in [2.24, 2.45) is 0 Å². The molecule has 0 bridgehead atoms. The minimum Gasteiger partial charge on any atom is -0.479 e.